The zero-order valence-corrected chi connectivity index (χ0v) is 17.1. The average Bonchev–Trinajstić information content (AvgIpc) is 2.73. The summed E-state index contributed by atoms with van der Waals surface area (Å²) in [6.45, 7) is 8.40. The van der Waals surface area contributed by atoms with Crippen molar-refractivity contribution in [3.05, 3.63) is 60.2 Å². The van der Waals surface area contributed by atoms with Crippen LogP contribution in [0.1, 0.15) is 44.0 Å². The molecule has 2 amide bonds. The van der Waals surface area contributed by atoms with Crippen molar-refractivity contribution < 1.29 is 9.59 Å². The van der Waals surface area contributed by atoms with Crippen molar-refractivity contribution in [3.8, 4) is 0 Å². The van der Waals surface area contributed by atoms with Gasteiger partial charge in [-0.3, -0.25) is 9.59 Å². The molecule has 0 spiro atoms. The number of anilines is 2. The fraction of sp³-hybridized carbons (Fsp3) is 0.391. The molecule has 0 saturated heterocycles. The van der Waals surface area contributed by atoms with E-state index in [2.05, 4.69) is 19.2 Å². The summed E-state index contributed by atoms with van der Waals surface area (Å²) < 4.78 is 0. The lowest BCUT2D eigenvalue weighted by atomic mass is 10.1. The second kappa shape index (κ2) is 11.1. The van der Waals surface area contributed by atoms with Crippen LogP contribution in [-0.4, -0.2) is 42.9 Å². The topological polar surface area (TPSA) is 52.7 Å². The first kappa shape index (κ1) is 21.5. The predicted octanol–water partition coefficient (Wildman–Crippen LogP) is 4.41. The SMILES string of the molecule is CCCN(CCC)C(=O)c1cccc(NCC(=O)N(CC)c2ccccc2)c1. The summed E-state index contributed by atoms with van der Waals surface area (Å²) in [5, 5.41) is 3.17. The number of hydrogen-bond acceptors (Lipinski definition) is 3. The van der Waals surface area contributed by atoms with E-state index in [1.807, 2.05) is 66.4 Å². The maximum absolute atomic E-state index is 12.8. The third-order valence-corrected chi connectivity index (χ3v) is 4.51. The van der Waals surface area contributed by atoms with Gasteiger partial charge in [0.05, 0.1) is 6.54 Å². The third-order valence-electron chi connectivity index (χ3n) is 4.51. The van der Waals surface area contributed by atoms with Crippen molar-refractivity contribution >= 4 is 23.2 Å². The lowest BCUT2D eigenvalue weighted by Crippen LogP contribution is -2.35. The fourth-order valence-electron chi connectivity index (χ4n) is 3.18. The van der Waals surface area contributed by atoms with Gasteiger partial charge in [-0.05, 0) is 50.1 Å². The van der Waals surface area contributed by atoms with Crippen molar-refractivity contribution in [1.82, 2.24) is 4.90 Å². The maximum Gasteiger partial charge on any atom is 0.253 e. The molecule has 0 aromatic heterocycles. The quantitative estimate of drug-likeness (QED) is 0.663. The molecule has 0 fully saturated rings. The third kappa shape index (κ3) is 5.84. The normalized spacial score (nSPS) is 10.4. The first-order chi connectivity index (χ1) is 13.6. The summed E-state index contributed by atoms with van der Waals surface area (Å²) in [5.74, 6) is 0.0298. The Balaban J connectivity index is 2.04. The highest BCUT2D eigenvalue weighted by molar-refractivity contribution is 5.97. The number of likely N-dealkylation sites (N-methyl/N-ethyl adjacent to an activating group) is 1. The Morgan fingerprint density at radius 2 is 1.57 bits per heavy atom. The number of benzene rings is 2. The minimum Gasteiger partial charge on any atom is -0.376 e. The molecule has 0 bridgehead atoms. The van der Waals surface area contributed by atoms with Gasteiger partial charge in [0.25, 0.3) is 5.91 Å². The van der Waals surface area contributed by atoms with Gasteiger partial charge < -0.3 is 15.1 Å². The molecule has 0 aliphatic carbocycles. The van der Waals surface area contributed by atoms with E-state index in [0.717, 1.165) is 37.3 Å². The van der Waals surface area contributed by atoms with E-state index in [0.29, 0.717) is 12.1 Å². The first-order valence-electron chi connectivity index (χ1n) is 10.1. The van der Waals surface area contributed by atoms with E-state index in [4.69, 9.17) is 0 Å². The van der Waals surface area contributed by atoms with Gasteiger partial charge in [-0.15, -0.1) is 0 Å². The number of para-hydroxylation sites is 1. The molecule has 2 aromatic rings. The van der Waals surface area contributed by atoms with Crippen LogP contribution in [0.5, 0.6) is 0 Å². The van der Waals surface area contributed by atoms with Crippen LogP contribution in [0.25, 0.3) is 0 Å². The van der Waals surface area contributed by atoms with Gasteiger partial charge in [0.1, 0.15) is 0 Å². The number of carbonyl (C=O) groups is 2. The molecule has 0 heterocycles. The standard InChI is InChI=1S/C23H31N3O2/c1-4-15-25(16-5-2)23(28)19-11-10-12-20(17-19)24-18-22(27)26(6-3)21-13-8-7-9-14-21/h7-14,17,24H,4-6,15-16,18H2,1-3H3. The second-order valence-electron chi connectivity index (χ2n) is 6.70. The number of nitrogens with zero attached hydrogens (tertiary/aromatic N) is 2. The molecule has 2 rings (SSSR count). The summed E-state index contributed by atoms with van der Waals surface area (Å²) in [6, 6.07) is 17.0. The number of nitrogens with one attached hydrogen (secondary N) is 1. The van der Waals surface area contributed by atoms with Crippen LogP contribution in [0.2, 0.25) is 0 Å². The molecular formula is C23H31N3O2. The highest BCUT2D eigenvalue weighted by atomic mass is 16.2. The lowest BCUT2D eigenvalue weighted by molar-refractivity contribution is -0.116. The molecule has 0 aliphatic rings. The monoisotopic (exact) mass is 381 g/mol. The van der Waals surface area contributed by atoms with Gasteiger partial charge in [0.15, 0.2) is 0 Å². The molecule has 28 heavy (non-hydrogen) atoms. The first-order valence-corrected chi connectivity index (χ1v) is 10.1. The summed E-state index contributed by atoms with van der Waals surface area (Å²) >= 11 is 0. The average molecular weight is 382 g/mol. The minimum atomic E-state index is -0.0102. The van der Waals surface area contributed by atoms with E-state index < -0.39 is 0 Å². The van der Waals surface area contributed by atoms with E-state index >= 15 is 0 Å². The van der Waals surface area contributed by atoms with Crippen molar-refractivity contribution in [2.45, 2.75) is 33.6 Å². The molecule has 1 N–H and O–H groups in total. The summed E-state index contributed by atoms with van der Waals surface area (Å²) in [7, 11) is 0. The molecule has 5 heteroatoms. The second-order valence-corrected chi connectivity index (χ2v) is 6.70. The molecule has 0 atom stereocenters. The lowest BCUT2D eigenvalue weighted by Gasteiger charge is -2.22. The van der Waals surface area contributed by atoms with Gasteiger partial charge in [-0.1, -0.05) is 38.1 Å². The van der Waals surface area contributed by atoms with E-state index in [1.165, 1.54) is 0 Å². The van der Waals surface area contributed by atoms with Gasteiger partial charge in [-0.25, -0.2) is 0 Å². The Morgan fingerprint density at radius 1 is 0.893 bits per heavy atom. The van der Waals surface area contributed by atoms with Crippen molar-refractivity contribution in [3.63, 3.8) is 0 Å². The van der Waals surface area contributed by atoms with E-state index in [1.54, 1.807) is 4.90 Å². The Morgan fingerprint density at radius 3 is 2.18 bits per heavy atom. The van der Waals surface area contributed by atoms with Gasteiger partial charge in [0, 0.05) is 36.6 Å². The van der Waals surface area contributed by atoms with Crippen LogP contribution in [0.15, 0.2) is 54.6 Å². The van der Waals surface area contributed by atoms with E-state index in [9.17, 15) is 9.59 Å². The Hall–Kier alpha value is -2.82. The highest BCUT2D eigenvalue weighted by Crippen LogP contribution is 2.16. The Labute approximate surface area is 168 Å². The summed E-state index contributed by atoms with van der Waals surface area (Å²) in [6.07, 6.45) is 1.87. The van der Waals surface area contributed by atoms with Crippen LogP contribution >= 0.6 is 0 Å². The van der Waals surface area contributed by atoms with Crippen molar-refractivity contribution in [1.29, 1.82) is 0 Å². The van der Waals surface area contributed by atoms with Crippen molar-refractivity contribution in [2.24, 2.45) is 0 Å². The number of hydrogen-bond donors (Lipinski definition) is 1. The van der Waals surface area contributed by atoms with Gasteiger partial charge in [-0.2, -0.15) is 0 Å². The van der Waals surface area contributed by atoms with Crippen LogP contribution in [0.4, 0.5) is 11.4 Å². The Kier molecular flexibility index (Phi) is 8.53. The molecule has 0 saturated carbocycles. The maximum atomic E-state index is 12.8. The summed E-state index contributed by atoms with van der Waals surface area (Å²) in [4.78, 5) is 29.0. The van der Waals surface area contributed by atoms with E-state index in [-0.39, 0.29) is 18.4 Å². The predicted molar refractivity (Wildman–Crippen MR) is 116 cm³/mol. The molecule has 2 aromatic carbocycles. The van der Waals surface area contributed by atoms with Crippen LogP contribution in [0.3, 0.4) is 0 Å². The fourth-order valence-corrected chi connectivity index (χ4v) is 3.18. The molecule has 0 aliphatic heterocycles. The highest BCUT2D eigenvalue weighted by Gasteiger charge is 2.16. The van der Waals surface area contributed by atoms with Crippen molar-refractivity contribution in [2.75, 3.05) is 36.4 Å². The minimum absolute atomic E-state index is 0.0102. The Bertz CT molecular complexity index is 755. The number of carbonyl (C=O) groups excluding carboxylic acids is 2. The van der Waals surface area contributed by atoms with Crippen LogP contribution in [0, 0.1) is 0 Å². The smallest absolute Gasteiger partial charge is 0.253 e. The largest absolute Gasteiger partial charge is 0.376 e. The van der Waals surface area contributed by atoms with Crippen LogP contribution in [-0.2, 0) is 4.79 Å². The van der Waals surface area contributed by atoms with Gasteiger partial charge in [0.2, 0.25) is 5.91 Å². The molecule has 150 valence electrons. The zero-order valence-electron chi connectivity index (χ0n) is 17.1. The van der Waals surface area contributed by atoms with Crippen LogP contribution < -0.4 is 10.2 Å². The molecule has 0 unspecified atom stereocenters. The molecular weight excluding hydrogens is 350 g/mol. The molecule has 5 nitrogen and oxygen atoms in total. The summed E-state index contributed by atoms with van der Waals surface area (Å²) in [5.41, 5.74) is 2.31. The zero-order chi connectivity index (χ0) is 20.4. The van der Waals surface area contributed by atoms with Gasteiger partial charge >= 0.3 is 0 Å². The molecule has 0 radical (unpaired) electrons. The number of rotatable bonds is 10. The number of amides is 2.